The fraction of sp³-hybridized carbons (Fsp3) is 0.833. The molecule has 0 amide bonds. The summed E-state index contributed by atoms with van der Waals surface area (Å²) in [7, 11) is 0. The van der Waals surface area contributed by atoms with Crippen LogP contribution in [0, 0.1) is 0 Å². The molecule has 0 aromatic heterocycles. The summed E-state index contributed by atoms with van der Waals surface area (Å²) in [4.78, 5) is 3.94. The lowest BCUT2D eigenvalue weighted by Gasteiger charge is -2.09. The largest absolute Gasteiger partial charge is 0.479 e. The number of aliphatic imine (C=N–C) groups is 1. The van der Waals surface area contributed by atoms with Crippen molar-refractivity contribution in [1.29, 1.82) is 0 Å². The van der Waals surface area contributed by atoms with Gasteiger partial charge in [-0.1, -0.05) is 0 Å². The number of aliphatic hydroxyl groups excluding tert-OH is 2. The van der Waals surface area contributed by atoms with E-state index < -0.39 is 6.10 Å². The second-order valence-corrected chi connectivity index (χ2v) is 2.28. The Hall–Kier alpha value is -0.610. The fourth-order valence-corrected chi connectivity index (χ4v) is 0.833. The summed E-state index contributed by atoms with van der Waals surface area (Å²) in [5.41, 5.74) is 0. The zero-order valence-electron chi connectivity index (χ0n) is 5.82. The first-order valence-electron chi connectivity index (χ1n) is 3.20. The van der Waals surface area contributed by atoms with Crippen LogP contribution in [0.25, 0.3) is 0 Å². The predicted molar refractivity (Wildman–Crippen MR) is 35.9 cm³/mol. The van der Waals surface area contributed by atoms with E-state index in [0.717, 1.165) is 0 Å². The maximum absolute atomic E-state index is 9.04. The molecule has 0 radical (unpaired) electrons. The van der Waals surface area contributed by atoms with Crippen molar-refractivity contribution in [2.24, 2.45) is 4.99 Å². The summed E-state index contributed by atoms with van der Waals surface area (Å²) < 4.78 is 4.97. The van der Waals surface area contributed by atoms with Crippen LogP contribution in [0.2, 0.25) is 0 Å². The van der Waals surface area contributed by atoms with Crippen molar-refractivity contribution in [3.05, 3.63) is 0 Å². The van der Waals surface area contributed by atoms with Gasteiger partial charge in [0.25, 0.3) is 0 Å². The summed E-state index contributed by atoms with van der Waals surface area (Å²) in [6, 6.07) is -0.273. The number of hydrogen-bond donors (Lipinski definition) is 2. The third-order valence-electron chi connectivity index (χ3n) is 1.44. The molecule has 0 aromatic carbocycles. The van der Waals surface area contributed by atoms with E-state index >= 15 is 0 Å². The Morgan fingerprint density at radius 2 is 2.60 bits per heavy atom. The number of nitrogens with zero attached hydrogens (tertiary/aromatic N) is 1. The van der Waals surface area contributed by atoms with Gasteiger partial charge in [0, 0.05) is 6.92 Å². The lowest BCUT2D eigenvalue weighted by Crippen LogP contribution is -2.28. The molecule has 0 unspecified atom stereocenters. The van der Waals surface area contributed by atoms with E-state index in [0.29, 0.717) is 12.5 Å². The van der Waals surface area contributed by atoms with Crippen LogP contribution in [0.5, 0.6) is 0 Å². The molecule has 1 heterocycles. The smallest absolute Gasteiger partial charge is 0.180 e. The molecule has 0 saturated carbocycles. The molecule has 2 atom stereocenters. The van der Waals surface area contributed by atoms with Gasteiger partial charge in [0.1, 0.15) is 18.8 Å². The number of ether oxygens (including phenoxy) is 1. The molecule has 0 aliphatic carbocycles. The normalized spacial score (nSPS) is 27.5. The number of rotatable bonds is 2. The van der Waals surface area contributed by atoms with Crippen LogP contribution in [0.15, 0.2) is 4.99 Å². The minimum atomic E-state index is -0.780. The maximum Gasteiger partial charge on any atom is 0.180 e. The number of hydrogen-bond acceptors (Lipinski definition) is 4. The molecule has 58 valence electrons. The van der Waals surface area contributed by atoms with E-state index in [1.54, 1.807) is 6.92 Å². The Morgan fingerprint density at radius 1 is 1.90 bits per heavy atom. The Morgan fingerprint density at radius 3 is 3.00 bits per heavy atom. The van der Waals surface area contributed by atoms with E-state index in [2.05, 4.69) is 4.99 Å². The van der Waals surface area contributed by atoms with Gasteiger partial charge in [-0.2, -0.15) is 0 Å². The van der Waals surface area contributed by atoms with Gasteiger partial charge in [0.2, 0.25) is 0 Å². The predicted octanol–water partition coefficient (Wildman–Crippen LogP) is -0.843. The van der Waals surface area contributed by atoms with Crippen molar-refractivity contribution < 1.29 is 14.9 Å². The van der Waals surface area contributed by atoms with Gasteiger partial charge in [-0.05, 0) is 0 Å². The molecule has 0 bridgehead atoms. The topological polar surface area (TPSA) is 62.1 Å². The van der Waals surface area contributed by atoms with Gasteiger partial charge in [0.15, 0.2) is 5.90 Å². The third kappa shape index (κ3) is 1.46. The second-order valence-electron chi connectivity index (χ2n) is 2.28. The Labute approximate surface area is 59.2 Å². The van der Waals surface area contributed by atoms with E-state index in [1.807, 2.05) is 0 Å². The molecule has 0 saturated heterocycles. The van der Waals surface area contributed by atoms with Gasteiger partial charge in [-0.25, -0.2) is 4.99 Å². The average molecular weight is 145 g/mol. The fourth-order valence-electron chi connectivity index (χ4n) is 0.833. The minimum absolute atomic E-state index is 0.259. The third-order valence-corrected chi connectivity index (χ3v) is 1.44. The van der Waals surface area contributed by atoms with Crippen molar-refractivity contribution in [3.63, 3.8) is 0 Å². The molecule has 10 heavy (non-hydrogen) atoms. The number of aliphatic hydroxyl groups is 2. The SMILES string of the molecule is CC1=N[C@H]([C@@H](O)CO)CO1. The molecule has 4 heteroatoms. The highest BCUT2D eigenvalue weighted by Gasteiger charge is 2.23. The summed E-state index contributed by atoms with van der Waals surface area (Å²) in [5, 5.41) is 17.5. The average Bonchev–Trinajstić information content (AvgIpc) is 2.34. The Kier molecular flexibility index (Phi) is 2.24. The first-order valence-corrected chi connectivity index (χ1v) is 3.20. The quantitative estimate of drug-likeness (QED) is 0.532. The second kappa shape index (κ2) is 2.98. The van der Waals surface area contributed by atoms with Gasteiger partial charge in [-0.15, -0.1) is 0 Å². The van der Waals surface area contributed by atoms with Crippen LogP contribution in [0.3, 0.4) is 0 Å². The van der Waals surface area contributed by atoms with E-state index in [-0.39, 0.29) is 12.6 Å². The zero-order valence-corrected chi connectivity index (χ0v) is 5.82. The van der Waals surface area contributed by atoms with Crippen LogP contribution in [0.4, 0.5) is 0 Å². The molecule has 2 N–H and O–H groups in total. The molecule has 1 rings (SSSR count). The molecule has 1 aliphatic rings. The van der Waals surface area contributed by atoms with E-state index in [4.69, 9.17) is 14.9 Å². The standard InChI is InChI=1S/C6H11NO3/c1-4-7-5(3-10-4)6(9)2-8/h5-6,8-9H,2-3H2,1H3/t5-,6-/m0/s1. The highest BCUT2D eigenvalue weighted by atomic mass is 16.5. The zero-order chi connectivity index (χ0) is 7.56. The Bertz CT molecular complexity index is 146. The highest BCUT2D eigenvalue weighted by Crippen LogP contribution is 2.07. The van der Waals surface area contributed by atoms with Crippen molar-refractivity contribution >= 4 is 5.90 Å². The lowest BCUT2D eigenvalue weighted by atomic mass is 10.2. The first-order chi connectivity index (χ1) is 4.74. The van der Waals surface area contributed by atoms with Crippen molar-refractivity contribution in [1.82, 2.24) is 0 Å². The van der Waals surface area contributed by atoms with Crippen molar-refractivity contribution in [2.45, 2.75) is 19.1 Å². The lowest BCUT2D eigenvalue weighted by molar-refractivity contribution is 0.0666. The van der Waals surface area contributed by atoms with Gasteiger partial charge >= 0.3 is 0 Å². The van der Waals surface area contributed by atoms with Crippen LogP contribution in [0.1, 0.15) is 6.92 Å². The molecule has 0 spiro atoms. The molecule has 1 aliphatic heterocycles. The van der Waals surface area contributed by atoms with Crippen LogP contribution < -0.4 is 0 Å². The Balaban J connectivity index is 2.44. The molecule has 0 fully saturated rings. The van der Waals surface area contributed by atoms with E-state index in [9.17, 15) is 0 Å². The first kappa shape index (κ1) is 7.50. The monoisotopic (exact) mass is 145 g/mol. The van der Waals surface area contributed by atoms with Crippen molar-refractivity contribution in [2.75, 3.05) is 13.2 Å². The minimum Gasteiger partial charge on any atom is -0.479 e. The molecule has 0 aromatic rings. The molecule has 4 nitrogen and oxygen atoms in total. The van der Waals surface area contributed by atoms with Crippen LogP contribution in [-0.4, -0.2) is 41.5 Å². The van der Waals surface area contributed by atoms with Crippen molar-refractivity contribution in [3.8, 4) is 0 Å². The maximum atomic E-state index is 9.04. The summed E-state index contributed by atoms with van der Waals surface area (Å²) in [6.07, 6.45) is -0.780. The van der Waals surface area contributed by atoms with Gasteiger partial charge < -0.3 is 14.9 Å². The van der Waals surface area contributed by atoms with Crippen LogP contribution >= 0.6 is 0 Å². The van der Waals surface area contributed by atoms with Crippen LogP contribution in [-0.2, 0) is 4.74 Å². The summed E-state index contributed by atoms with van der Waals surface area (Å²) >= 11 is 0. The highest BCUT2D eigenvalue weighted by molar-refractivity contribution is 5.74. The van der Waals surface area contributed by atoms with E-state index in [1.165, 1.54) is 0 Å². The summed E-state index contributed by atoms with van der Waals surface area (Å²) in [6.45, 7) is 1.85. The summed E-state index contributed by atoms with van der Waals surface area (Å²) in [5.74, 6) is 0.581. The molecular weight excluding hydrogens is 134 g/mol. The molecular formula is C6H11NO3. The van der Waals surface area contributed by atoms with Gasteiger partial charge in [0.05, 0.1) is 6.61 Å². The van der Waals surface area contributed by atoms with Gasteiger partial charge in [-0.3, -0.25) is 0 Å².